The van der Waals surface area contributed by atoms with E-state index in [1.807, 2.05) is 24.3 Å². The lowest BCUT2D eigenvalue weighted by atomic mass is 10.1. The van der Waals surface area contributed by atoms with Gasteiger partial charge < -0.3 is 15.8 Å². The number of fused-ring (bicyclic) bond motifs is 1. The zero-order valence-electron chi connectivity index (χ0n) is 12.7. The first-order valence-electron chi connectivity index (χ1n) is 7.29. The number of hydrogen-bond donors (Lipinski definition) is 2. The molecule has 0 fully saturated rings. The van der Waals surface area contributed by atoms with Crippen molar-refractivity contribution in [3.63, 3.8) is 0 Å². The monoisotopic (exact) mass is 321 g/mol. The van der Waals surface area contributed by atoms with Crippen LogP contribution in [-0.4, -0.2) is 23.4 Å². The fraction of sp³-hybridized carbons (Fsp3) is 0.0556. The van der Waals surface area contributed by atoms with Crippen LogP contribution in [0.25, 0.3) is 10.9 Å². The minimum absolute atomic E-state index is 0.233. The molecule has 0 aliphatic heterocycles. The Labute approximate surface area is 138 Å². The second-order valence-corrected chi connectivity index (χ2v) is 5.15. The molecule has 2 amide bonds. The normalized spacial score (nSPS) is 10.3. The molecule has 0 spiro atoms. The number of amides is 2. The van der Waals surface area contributed by atoms with Gasteiger partial charge in [-0.2, -0.15) is 0 Å². The number of nitrogens with zero attached hydrogens (tertiary/aromatic N) is 1. The van der Waals surface area contributed by atoms with Gasteiger partial charge in [-0.25, -0.2) is 0 Å². The van der Waals surface area contributed by atoms with Gasteiger partial charge in [0.05, 0.1) is 5.52 Å². The number of carbonyl (C=O) groups excluding carboxylic acids is 2. The summed E-state index contributed by atoms with van der Waals surface area (Å²) in [4.78, 5) is 27.4. The van der Waals surface area contributed by atoms with Crippen molar-refractivity contribution < 1.29 is 14.3 Å². The van der Waals surface area contributed by atoms with Crippen LogP contribution >= 0.6 is 0 Å². The third kappa shape index (κ3) is 3.67. The predicted molar refractivity (Wildman–Crippen MR) is 90.8 cm³/mol. The number of hydrogen-bond acceptors (Lipinski definition) is 4. The predicted octanol–water partition coefficient (Wildman–Crippen LogP) is 2.35. The van der Waals surface area contributed by atoms with Crippen LogP contribution in [0.15, 0.2) is 60.8 Å². The van der Waals surface area contributed by atoms with Gasteiger partial charge >= 0.3 is 0 Å². The molecule has 1 heterocycles. The van der Waals surface area contributed by atoms with Gasteiger partial charge in [-0.05, 0) is 42.5 Å². The van der Waals surface area contributed by atoms with Gasteiger partial charge in [-0.15, -0.1) is 0 Å². The maximum Gasteiger partial charge on any atom is 0.255 e. The minimum atomic E-state index is -0.574. The van der Waals surface area contributed by atoms with Crippen LogP contribution in [0.5, 0.6) is 5.75 Å². The van der Waals surface area contributed by atoms with Gasteiger partial charge in [0.25, 0.3) is 11.8 Å². The van der Waals surface area contributed by atoms with E-state index in [0.29, 0.717) is 17.0 Å². The summed E-state index contributed by atoms with van der Waals surface area (Å²) in [5.41, 5.74) is 6.99. The van der Waals surface area contributed by atoms with Crippen molar-refractivity contribution in [3.05, 3.63) is 66.4 Å². The summed E-state index contributed by atoms with van der Waals surface area (Å²) >= 11 is 0. The maximum absolute atomic E-state index is 12.4. The number of primary amides is 1. The summed E-state index contributed by atoms with van der Waals surface area (Å²) in [5, 5.41) is 3.77. The van der Waals surface area contributed by atoms with E-state index in [4.69, 9.17) is 10.5 Å². The van der Waals surface area contributed by atoms with E-state index in [-0.39, 0.29) is 12.5 Å². The molecule has 0 radical (unpaired) electrons. The van der Waals surface area contributed by atoms with Gasteiger partial charge in [0.15, 0.2) is 6.61 Å². The Morgan fingerprint density at radius 3 is 2.79 bits per heavy atom. The second-order valence-electron chi connectivity index (χ2n) is 5.15. The SMILES string of the molecule is NC(=O)COc1cccc(C(=O)Nc2ccc3ncccc3c2)c1. The van der Waals surface area contributed by atoms with Crippen LogP contribution < -0.4 is 15.8 Å². The Morgan fingerprint density at radius 1 is 1.08 bits per heavy atom. The Hall–Kier alpha value is -3.41. The summed E-state index contributed by atoms with van der Waals surface area (Å²) in [6.45, 7) is -0.233. The third-order valence-corrected chi connectivity index (χ3v) is 3.34. The smallest absolute Gasteiger partial charge is 0.255 e. The van der Waals surface area contributed by atoms with Crippen molar-refractivity contribution >= 4 is 28.4 Å². The fourth-order valence-corrected chi connectivity index (χ4v) is 2.24. The lowest BCUT2D eigenvalue weighted by Gasteiger charge is -2.08. The Balaban J connectivity index is 1.76. The van der Waals surface area contributed by atoms with Crippen molar-refractivity contribution in [2.45, 2.75) is 0 Å². The van der Waals surface area contributed by atoms with Crippen LogP contribution in [0.3, 0.4) is 0 Å². The number of rotatable bonds is 5. The Kier molecular flexibility index (Phi) is 4.38. The standard InChI is InChI=1S/C18H15N3O3/c19-17(22)11-24-15-5-1-3-13(10-15)18(23)21-14-6-7-16-12(9-14)4-2-8-20-16/h1-10H,11H2,(H2,19,22)(H,21,23). The number of aromatic nitrogens is 1. The van der Waals surface area contributed by atoms with Gasteiger partial charge in [0, 0.05) is 22.8 Å². The molecular weight excluding hydrogens is 306 g/mol. The van der Waals surface area contributed by atoms with E-state index in [1.165, 1.54) is 0 Å². The summed E-state index contributed by atoms with van der Waals surface area (Å²) in [7, 11) is 0. The van der Waals surface area contributed by atoms with E-state index in [9.17, 15) is 9.59 Å². The molecule has 6 heteroatoms. The highest BCUT2D eigenvalue weighted by atomic mass is 16.5. The molecule has 0 bridgehead atoms. The zero-order chi connectivity index (χ0) is 16.9. The fourth-order valence-electron chi connectivity index (χ4n) is 2.24. The van der Waals surface area contributed by atoms with Crippen molar-refractivity contribution in [2.24, 2.45) is 5.73 Å². The lowest BCUT2D eigenvalue weighted by Crippen LogP contribution is -2.20. The van der Waals surface area contributed by atoms with Crippen molar-refractivity contribution in [2.75, 3.05) is 11.9 Å². The second kappa shape index (κ2) is 6.78. The van der Waals surface area contributed by atoms with Crippen LogP contribution in [0.4, 0.5) is 5.69 Å². The first-order valence-corrected chi connectivity index (χ1v) is 7.29. The molecule has 24 heavy (non-hydrogen) atoms. The number of nitrogens with two attached hydrogens (primary N) is 1. The van der Waals surface area contributed by atoms with Crippen LogP contribution in [0, 0.1) is 0 Å². The van der Waals surface area contributed by atoms with Crippen LogP contribution in [0.2, 0.25) is 0 Å². The van der Waals surface area contributed by atoms with E-state index in [1.54, 1.807) is 36.5 Å². The first-order chi connectivity index (χ1) is 11.6. The lowest BCUT2D eigenvalue weighted by molar-refractivity contribution is -0.119. The molecule has 0 saturated carbocycles. The van der Waals surface area contributed by atoms with E-state index in [0.717, 1.165) is 10.9 Å². The topological polar surface area (TPSA) is 94.3 Å². The molecule has 2 aromatic carbocycles. The Morgan fingerprint density at radius 2 is 1.96 bits per heavy atom. The Bertz CT molecular complexity index is 909. The van der Waals surface area contributed by atoms with Crippen molar-refractivity contribution in [1.29, 1.82) is 0 Å². The highest BCUT2D eigenvalue weighted by Crippen LogP contribution is 2.19. The average Bonchev–Trinajstić information content (AvgIpc) is 2.60. The van der Waals surface area contributed by atoms with Gasteiger partial charge in [-0.1, -0.05) is 12.1 Å². The van der Waals surface area contributed by atoms with E-state index in [2.05, 4.69) is 10.3 Å². The van der Waals surface area contributed by atoms with Crippen LogP contribution in [0.1, 0.15) is 10.4 Å². The van der Waals surface area contributed by atoms with Gasteiger partial charge in [0.2, 0.25) is 0 Å². The highest BCUT2D eigenvalue weighted by Gasteiger charge is 2.08. The summed E-state index contributed by atoms with van der Waals surface area (Å²) in [6, 6.07) is 15.8. The summed E-state index contributed by atoms with van der Waals surface area (Å²) in [5.74, 6) is -0.443. The van der Waals surface area contributed by atoms with Gasteiger partial charge in [0.1, 0.15) is 5.75 Å². The highest BCUT2D eigenvalue weighted by molar-refractivity contribution is 6.05. The van der Waals surface area contributed by atoms with Gasteiger partial charge in [-0.3, -0.25) is 14.6 Å². The van der Waals surface area contributed by atoms with E-state index >= 15 is 0 Å². The molecule has 0 aliphatic rings. The number of pyridine rings is 1. The number of benzene rings is 2. The molecule has 0 aliphatic carbocycles. The molecule has 3 N–H and O–H groups in total. The largest absolute Gasteiger partial charge is 0.484 e. The average molecular weight is 321 g/mol. The third-order valence-electron chi connectivity index (χ3n) is 3.34. The number of carbonyl (C=O) groups is 2. The number of ether oxygens (including phenoxy) is 1. The summed E-state index contributed by atoms with van der Waals surface area (Å²) < 4.78 is 5.20. The maximum atomic E-state index is 12.4. The molecular formula is C18H15N3O3. The van der Waals surface area contributed by atoms with Crippen molar-refractivity contribution in [3.8, 4) is 5.75 Å². The molecule has 0 atom stereocenters. The molecule has 120 valence electrons. The molecule has 0 unspecified atom stereocenters. The number of nitrogens with one attached hydrogen (secondary N) is 1. The minimum Gasteiger partial charge on any atom is -0.484 e. The van der Waals surface area contributed by atoms with Crippen LogP contribution in [-0.2, 0) is 4.79 Å². The van der Waals surface area contributed by atoms with E-state index < -0.39 is 5.91 Å². The molecule has 3 rings (SSSR count). The number of anilines is 1. The zero-order valence-corrected chi connectivity index (χ0v) is 12.7. The molecule has 1 aromatic heterocycles. The molecule has 3 aromatic rings. The van der Waals surface area contributed by atoms with Crippen molar-refractivity contribution in [1.82, 2.24) is 4.98 Å². The first kappa shape index (κ1) is 15.5. The molecule has 6 nitrogen and oxygen atoms in total. The quantitative estimate of drug-likeness (QED) is 0.754. The summed E-state index contributed by atoms with van der Waals surface area (Å²) in [6.07, 6.45) is 1.72. The molecule has 0 saturated heterocycles.